The molecular formula is C8H17NO3. The Hall–Kier alpha value is -1.06. The molecule has 1 amide bonds. The van der Waals surface area contributed by atoms with Gasteiger partial charge in [0.25, 0.3) is 6.47 Å². The van der Waals surface area contributed by atoms with Crippen molar-refractivity contribution in [2.75, 3.05) is 0 Å². The van der Waals surface area contributed by atoms with Gasteiger partial charge in [-0.25, -0.2) is 0 Å². The van der Waals surface area contributed by atoms with Crippen LogP contribution in [0.25, 0.3) is 0 Å². The van der Waals surface area contributed by atoms with Crippen molar-refractivity contribution in [1.29, 1.82) is 0 Å². The molecule has 0 aromatic carbocycles. The zero-order valence-electron chi connectivity index (χ0n) is 7.45. The Balaban J connectivity index is 0. The average molecular weight is 175 g/mol. The van der Waals surface area contributed by atoms with Gasteiger partial charge >= 0.3 is 0 Å². The maximum Gasteiger partial charge on any atom is 0.290 e. The van der Waals surface area contributed by atoms with Crippen LogP contribution in [0.3, 0.4) is 0 Å². The zero-order chi connectivity index (χ0) is 9.82. The van der Waals surface area contributed by atoms with Gasteiger partial charge in [0.05, 0.1) is 0 Å². The molecule has 0 bridgehead atoms. The summed E-state index contributed by atoms with van der Waals surface area (Å²) in [6.45, 7) is 1.89. The van der Waals surface area contributed by atoms with Crippen LogP contribution in [0.15, 0.2) is 0 Å². The molecule has 3 N–H and O–H groups in total. The van der Waals surface area contributed by atoms with Crippen LogP contribution in [-0.4, -0.2) is 17.5 Å². The van der Waals surface area contributed by atoms with Crippen LogP contribution in [0.2, 0.25) is 0 Å². The highest BCUT2D eigenvalue weighted by Gasteiger charge is 1.91. The van der Waals surface area contributed by atoms with Crippen molar-refractivity contribution in [2.24, 2.45) is 5.73 Å². The number of unbranched alkanes of at least 4 members (excludes halogenated alkanes) is 3. The first-order valence-electron chi connectivity index (χ1n) is 4.05. The van der Waals surface area contributed by atoms with Gasteiger partial charge in [-0.1, -0.05) is 26.2 Å². The molecule has 0 aliphatic carbocycles. The number of primary amides is 1. The highest BCUT2D eigenvalue weighted by atomic mass is 16.3. The number of amides is 1. The minimum absolute atomic E-state index is 0.175. The monoisotopic (exact) mass is 175 g/mol. The fraction of sp³-hybridized carbons (Fsp3) is 0.750. The lowest BCUT2D eigenvalue weighted by atomic mass is 10.1. The first-order chi connectivity index (χ1) is 5.68. The van der Waals surface area contributed by atoms with E-state index >= 15 is 0 Å². The molecule has 0 unspecified atom stereocenters. The molecule has 72 valence electrons. The Morgan fingerprint density at radius 3 is 2.25 bits per heavy atom. The van der Waals surface area contributed by atoms with Gasteiger partial charge in [-0.05, 0) is 6.42 Å². The van der Waals surface area contributed by atoms with Crippen molar-refractivity contribution in [3.8, 4) is 0 Å². The van der Waals surface area contributed by atoms with Crippen LogP contribution in [0.1, 0.15) is 39.0 Å². The van der Waals surface area contributed by atoms with E-state index in [1.165, 1.54) is 12.8 Å². The summed E-state index contributed by atoms with van der Waals surface area (Å²) in [5, 5.41) is 6.89. The standard InChI is InChI=1S/C7H15NO.CH2O2/c1-2-3-4-5-6-7(8)9;2-1-3/h2-6H2,1H3,(H2,8,9);1H,(H,2,3). The fourth-order valence-electron chi connectivity index (χ4n) is 0.726. The molecular weight excluding hydrogens is 158 g/mol. The Morgan fingerprint density at radius 2 is 1.92 bits per heavy atom. The lowest BCUT2D eigenvalue weighted by Crippen LogP contribution is -2.09. The number of nitrogens with two attached hydrogens (primary N) is 1. The van der Waals surface area contributed by atoms with Crippen LogP contribution in [0, 0.1) is 0 Å². The van der Waals surface area contributed by atoms with E-state index in [1.807, 2.05) is 0 Å². The number of carbonyl (C=O) groups is 2. The van der Waals surface area contributed by atoms with Crippen molar-refractivity contribution < 1.29 is 14.7 Å². The van der Waals surface area contributed by atoms with E-state index in [9.17, 15) is 4.79 Å². The topological polar surface area (TPSA) is 80.4 Å². The van der Waals surface area contributed by atoms with Crippen LogP contribution in [0.5, 0.6) is 0 Å². The molecule has 4 nitrogen and oxygen atoms in total. The van der Waals surface area contributed by atoms with E-state index < -0.39 is 0 Å². The molecule has 0 spiro atoms. The predicted molar refractivity (Wildman–Crippen MR) is 46.6 cm³/mol. The van der Waals surface area contributed by atoms with Crippen LogP contribution < -0.4 is 5.73 Å². The van der Waals surface area contributed by atoms with E-state index in [0.29, 0.717) is 6.42 Å². The molecule has 0 saturated heterocycles. The SMILES string of the molecule is CCCCCCC(N)=O.O=CO. The average Bonchev–Trinajstić information content (AvgIpc) is 1.99. The molecule has 12 heavy (non-hydrogen) atoms. The van der Waals surface area contributed by atoms with Gasteiger partial charge in [-0.3, -0.25) is 9.59 Å². The molecule has 0 atom stereocenters. The molecule has 0 aliphatic rings. The van der Waals surface area contributed by atoms with Crippen LogP contribution >= 0.6 is 0 Å². The minimum atomic E-state index is -0.250. The van der Waals surface area contributed by atoms with Crippen molar-refractivity contribution in [3.63, 3.8) is 0 Å². The molecule has 0 rings (SSSR count). The molecule has 0 heterocycles. The summed E-state index contributed by atoms with van der Waals surface area (Å²) in [7, 11) is 0. The molecule has 0 aromatic heterocycles. The van der Waals surface area contributed by atoms with Crippen molar-refractivity contribution in [1.82, 2.24) is 0 Å². The third kappa shape index (κ3) is 23.1. The summed E-state index contributed by atoms with van der Waals surface area (Å²) in [4.78, 5) is 18.5. The summed E-state index contributed by atoms with van der Waals surface area (Å²) < 4.78 is 0. The first-order valence-corrected chi connectivity index (χ1v) is 4.05. The maximum atomic E-state index is 10.2. The summed E-state index contributed by atoms with van der Waals surface area (Å²) in [6.07, 6.45) is 5.08. The second-order valence-electron chi connectivity index (χ2n) is 2.38. The van der Waals surface area contributed by atoms with E-state index in [-0.39, 0.29) is 12.4 Å². The van der Waals surface area contributed by atoms with Gasteiger partial charge in [0.15, 0.2) is 0 Å². The normalized spacial score (nSPS) is 8.08. The summed E-state index contributed by atoms with van der Waals surface area (Å²) >= 11 is 0. The highest BCUT2D eigenvalue weighted by Crippen LogP contribution is 2.00. The highest BCUT2D eigenvalue weighted by molar-refractivity contribution is 5.73. The minimum Gasteiger partial charge on any atom is -0.483 e. The Labute approximate surface area is 72.8 Å². The predicted octanol–water partition coefficient (Wildman–Crippen LogP) is 1.14. The van der Waals surface area contributed by atoms with Gasteiger partial charge in [-0.15, -0.1) is 0 Å². The number of hydrogen-bond donors (Lipinski definition) is 2. The number of rotatable bonds is 5. The first kappa shape index (κ1) is 13.5. The fourth-order valence-corrected chi connectivity index (χ4v) is 0.726. The van der Waals surface area contributed by atoms with Gasteiger partial charge in [0.2, 0.25) is 5.91 Å². The van der Waals surface area contributed by atoms with Gasteiger partial charge in [0, 0.05) is 6.42 Å². The Morgan fingerprint density at radius 1 is 1.42 bits per heavy atom. The summed E-state index contributed by atoms with van der Waals surface area (Å²) in [5.41, 5.74) is 4.94. The van der Waals surface area contributed by atoms with Crippen LogP contribution in [-0.2, 0) is 9.59 Å². The van der Waals surface area contributed by atoms with E-state index in [4.69, 9.17) is 15.6 Å². The molecule has 4 heteroatoms. The second kappa shape index (κ2) is 12.6. The lowest BCUT2D eigenvalue weighted by Gasteiger charge is -1.93. The Kier molecular flexibility index (Phi) is 14.2. The molecule has 0 aromatic rings. The van der Waals surface area contributed by atoms with Gasteiger partial charge in [0.1, 0.15) is 0 Å². The summed E-state index contributed by atoms with van der Waals surface area (Å²) in [6, 6.07) is 0. The van der Waals surface area contributed by atoms with Crippen LogP contribution in [0.4, 0.5) is 0 Å². The maximum absolute atomic E-state index is 10.2. The second-order valence-corrected chi connectivity index (χ2v) is 2.38. The smallest absolute Gasteiger partial charge is 0.290 e. The molecule has 0 aliphatic heterocycles. The number of carboxylic acid groups (broad SMARTS) is 1. The number of carbonyl (C=O) groups excluding carboxylic acids is 1. The van der Waals surface area contributed by atoms with E-state index in [2.05, 4.69) is 6.92 Å². The number of hydrogen-bond acceptors (Lipinski definition) is 2. The van der Waals surface area contributed by atoms with Gasteiger partial charge < -0.3 is 10.8 Å². The third-order valence-corrected chi connectivity index (χ3v) is 1.28. The zero-order valence-corrected chi connectivity index (χ0v) is 7.45. The van der Waals surface area contributed by atoms with Crippen molar-refractivity contribution in [3.05, 3.63) is 0 Å². The van der Waals surface area contributed by atoms with Crippen molar-refractivity contribution >= 4 is 12.4 Å². The molecule has 0 saturated carbocycles. The molecule has 0 radical (unpaired) electrons. The third-order valence-electron chi connectivity index (χ3n) is 1.28. The largest absolute Gasteiger partial charge is 0.483 e. The summed E-state index contributed by atoms with van der Waals surface area (Å²) in [5.74, 6) is -0.175. The van der Waals surface area contributed by atoms with Crippen molar-refractivity contribution in [2.45, 2.75) is 39.0 Å². The van der Waals surface area contributed by atoms with E-state index in [0.717, 1.165) is 12.8 Å². The quantitative estimate of drug-likeness (QED) is 0.485. The molecule has 0 fully saturated rings. The Bertz CT molecular complexity index is 115. The van der Waals surface area contributed by atoms with E-state index in [1.54, 1.807) is 0 Å². The lowest BCUT2D eigenvalue weighted by molar-refractivity contribution is -0.123. The van der Waals surface area contributed by atoms with Gasteiger partial charge in [-0.2, -0.15) is 0 Å².